The highest BCUT2D eigenvalue weighted by Gasteiger charge is 2.35. The number of carbonyl (C=O) groups excluding carboxylic acids is 2. The molecule has 1 aromatic carbocycles. The third-order valence-electron chi connectivity index (χ3n) is 6.12. The molecule has 4 rings (SSSR count). The van der Waals surface area contributed by atoms with Gasteiger partial charge in [-0.3, -0.25) is 14.2 Å². The number of amides is 1. The lowest BCUT2D eigenvalue weighted by molar-refractivity contribution is -0.142. The van der Waals surface area contributed by atoms with Crippen molar-refractivity contribution in [1.29, 1.82) is 0 Å². The fourth-order valence-corrected chi connectivity index (χ4v) is 4.06. The van der Waals surface area contributed by atoms with Gasteiger partial charge in [0.1, 0.15) is 18.5 Å². The van der Waals surface area contributed by atoms with Gasteiger partial charge in [-0.2, -0.15) is 13.2 Å². The molecule has 1 amide bonds. The molecule has 0 bridgehead atoms. The largest absolute Gasteiger partial charge is 0.457 e. The first kappa shape index (κ1) is 27.0. The summed E-state index contributed by atoms with van der Waals surface area (Å²) in [6.45, 7) is 0.996. The average molecular weight is 531 g/mol. The molecule has 1 fully saturated rings. The van der Waals surface area contributed by atoms with E-state index in [9.17, 15) is 27.6 Å². The molecule has 12 heteroatoms. The Morgan fingerprint density at radius 1 is 1.08 bits per heavy atom. The molecule has 0 radical (unpaired) electrons. The first-order chi connectivity index (χ1) is 18.2. The van der Waals surface area contributed by atoms with Gasteiger partial charge in [-0.15, -0.1) is 0 Å². The minimum Gasteiger partial charge on any atom is -0.457 e. The number of aromatic nitrogens is 3. The number of esters is 1. The molecule has 200 valence electrons. The quantitative estimate of drug-likeness (QED) is 0.438. The summed E-state index contributed by atoms with van der Waals surface area (Å²) < 4.78 is 51.2. The van der Waals surface area contributed by atoms with Crippen LogP contribution in [-0.2, 0) is 27.1 Å². The molecule has 0 saturated carbocycles. The second kappa shape index (κ2) is 12.0. The number of benzene rings is 1. The summed E-state index contributed by atoms with van der Waals surface area (Å²) in [6.07, 6.45) is -1.12. The third-order valence-corrected chi connectivity index (χ3v) is 6.12. The fraction of sp³-hybridized carbons (Fsp3) is 0.346. The number of halogens is 3. The Morgan fingerprint density at radius 2 is 1.82 bits per heavy atom. The van der Waals surface area contributed by atoms with Crippen LogP contribution in [0.4, 0.5) is 19.0 Å². The van der Waals surface area contributed by atoms with Crippen molar-refractivity contribution in [2.45, 2.75) is 38.1 Å². The number of hydrogen-bond donors (Lipinski definition) is 1. The van der Waals surface area contributed by atoms with Crippen molar-refractivity contribution in [2.75, 3.05) is 18.5 Å². The van der Waals surface area contributed by atoms with Crippen LogP contribution in [0.3, 0.4) is 0 Å². The molecule has 1 aliphatic heterocycles. The lowest BCUT2D eigenvalue weighted by Crippen LogP contribution is -2.36. The summed E-state index contributed by atoms with van der Waals surface area (Å²) >= 11 is 0. The van der Waals surface area contributed by atoms with Gasteiger partial charge in [-0.05, 0) is 42.9 Å². The van der Waals surface area contributed by atoms with E-state index in [0.717, 1.165) is 10.1 Å². The number of ether oxygens (including phenoxy) is 2. The fourth-order valence-electron chi connectivity index (χ4n) is 4.06. The van der Waals surface area contributed by atoms with E-state index in [1.165, 1.54) is 18.3 Å². The van der Waals surface area contributed by atoms with Gasteiger partial charge in [0.05, 0.1) is 11.8 Å². The van der Waals surface area contributed by atoms with Gasteiger partial charge < -0.3 is 14.8 Å². The molecule has 1 unspecified atom stereocenters. The van der Waals surface area contributed by atoms with Crippen LogP contribution in [0.2, 0.25) is 0 Å². The van der Waals surface area contributed by atoms with Crippen molar-refractivity contribution in [2.24, 2.45) is 5.92 Å². The molecule has 1 N–H and O–H groups in total. The Labute approximate surface area is 215 Å². The molecule has 0 spiro atoms. The number of alkyl halides is 3. The summed E-state index contributed by atoms with van der Waals surface area (Å²) in [6, 6.07) is 10.6. The lowest BCUT2D eigenvalue weighted by atomic mass is 9.92. The zero-order valence-corrected chi connectivity index (χ0v) is 20.2. The van der Waals surface area contributed by atoms with Gasteiger partial charge >= 0.3 is 12.1 Å². The second-order valence-corrected chi connectivity index (χ2v) is 8.81. The molecule has 38 heavy (non-hydrogen) atoms. The number of nitrogens with zero attached hydrogens (tertiary/aromatic N) is 3. The maximum atomic E-state index is 13.3. The van der Waals surface area contributed by atoms with Crippen molar-refractivity contribution in [1.82, 2.24) is 14.5 Å². The predicted molar refractivity (Wildman–Crippen MR) is 129 cm³/mol. The highest BCUT2D eigenvalue weighted by atomic mass is 19.4. The van der Waals surface area contributed by atoms with Crippen LogP contribution in [0.15, 0.2) is 65.8 Å². The zero-order chi connectivity index (χ0) is 27.1. The minimum absolute atomic E-state index is 0.0383. The number of anilines is 1. The molecular weight excluding hydrogens is 505 g/mol. The molecule has 3 aromatic rings. The maximum Gasteiger partial charge on any atom is 0.434 e. The summed E-state index contributed by atoms with van der Waals surface area (Å²) in [4.78, 5) is 45.3. The molecule has 9 nitrogen and oxygen atoms in total. The van der Waals surface area contributed by atoms with Gasteiger partial charge in [0.2, 0.25) is 5.91 Å². The Hall–Kier alpha value is -4.06. The Kier molecular flexibility index (Phi) is 8.52. The van der Waals surface area contributed by atoms with E-state index < -0.39 is 35.3 Å². The molecule has 1 atom stereocenters. The van der Waals surface area contributed by atoms with Crippen molar-refractivity contribution < 1.29 is 32.2 Å². The SMILES string of the molecule is O=C(OCc1ccccc1)c1ccc(NC(=O)C(CC2CCOCC2)n2cc(C(F)(F)F)ncc2=O)nc1. The van der Waals surface area contributed by atoms with Crippen molar-refractivity contribution in [3.8, 4) is 0 Å². The number of nitrogens with one attached hydrogen (secondary N) is 1. The zero-order valence-electron chi connectivity index (χ0n) is 20.2. The molecule has 2 aromatic heterocycles. The van der Waals surface area contributed by atoms with E-state index in [2.05, 4.69) is 15.3 Å². The molecule has 3 heterocycles. The van der Waals surface area contributed by atoms with Crippen LogP contribution in [-0.4, -0.2) is 39.6 Å². The van der Waals surface area contributed by atoms with Crippen LogP contribution in [0, 0.1) is 5.92 Å². The first-order valence-electron chi connectivity index (χ1n) is 11.9. The smallest absolute Gasteiger partial charge is 0.434 e. The predicted octanol–water partition coefficient (Wildman–Crippen LogP) is 4.01. The third kappa shape index (κ3) is 7.03. The van der Waals surface area contributed by atoms with Crippen LogP contribution in [0.25, 0.3) is 0 Å². The topological polar surface area (TPSA) is 112 Å². The van der Waals surface area contributed by atoms with Crippen molar-refractivity contribution in [3.63, 3.8) is 0 Å². The van der Waals surface area contributed by atoms with Crippen molar-refractivity contribution in [3.05, 3.63) is 88.2 Å². The summed E-state index contributed by atoms with van der Waals surface area (Å²) in [5, 5.41) is 2.54. The van der Waals surface area contributed by atoms with E-state index >= 15 is 0 Å². The van der Waals surface area contributed by atoms with Crippen molar-refractivity contribution >= 4 is 17.7 Å². The van der Waals surface area contributed by atoms with Gasteiger partial charge in [0.25, 0.3) is 5.56 Å². The number of pyridine rings is 1. The van der Waals surface area contributed by atoms with E-state index in [4.69, 9.17) is 9.47 Å². The molecule has 1 aliphatic rings. The second-order valence-electron chi connectivity index (χ2n) is 8.81. The number of carbonyl (C=O) groups is 2. The van der Waals surface area contributed by atoms with E-state index in [-0.39, 0.29) is 30.3 Å². The highest BCUT2D eigenvalue weighted by molar-refractivity contribution is 5.94. The van der Waals surface area contributed by atoms with Gasteiger partial charge in [-0.1, -0.05) is 30.3 Å². The highest BCUT2D eigenvalue weighted by Crippen LogP contribution is 2.29. The standard InChI is InChI=1S/C26H25F3N4O5/c27-26(28,29)21-15-33(23(34)14-30-21)20(12-17-8-10-37-11-9-17)24(35)32-22-7-6-19(13-31-22)25(36)38-16-18-4-2-1-3-5-18/h1-7,13-15,17,20H,8-12,16H2,(H,31,32,35). The summed E-state index contributed by atoms with van der Waals surface area (Å²) in [7, 11) is 0. The molecule has 1 saturated heterocycles. The van der Waals surface area contributed by atoms with Crippen LogP contribution >= 0.6 is 0 Å². The first-order valence-corrected chi connectivity index (χ1v) is 11.9. The van der Waals surface area contributed by atoms with E-state index in [0.29, 0.717) is 38.4 Å². The minimum atomic E-state index is -4.79. The molecular formula is C26H25F3N4O5. The van der Waals surface area contributed by atoms with E-state index in [1.807, 2.05) is 30.3 Å². The normalized spacial score (nSPS) is 15.0. The maximum absolute atomic E-state index is 13.3. The van der Waals surface area contributed by atoms with E-state index in [1.54, 1.807) is 0 Å². The summed E-state index contributed by atoms with van der Waals surface area (Å²) in [5.74, 6) is -1.31. The van der Waals surface area contributed by atoms with Gasteiger partial charge in [0, 0.05) is 25.6 Å². The Balaban J connectivity index is 1.49. The number of hydrogen-bond acceptors (Lipinski definition) is 7. The van der Waals surface area contributed by atoms with Gasteiger partial charge in [0.15, 0.2) is 5.69 Å². The van der Waals surface area contributed by atoms with Crippen LogP contribution in [0.1, 0.15) is 46.9 Å². The Morgan fingerprint density at radius 3 is 2.47 bits per heavy atom. The summed E-state index contributed by atoms with van der Waals surface area (Å²) in [5.41, 5.74) is -1.15. The molecule has 0 aliphatic carbocycles. The Bertz CT molecular complexity index is 1310. The average Bonchev–Trinajstić information content (AvgIpc) is 2.92. The monoisotopic (exact) mass is 530 g/mol. The van der Waals surface area contributed by atoms with Crippen LogP contribution < -0.4 is 10.9 Å². The lowest BCUT2D eigenvalue weighted by Gasteiger charge is -2.27. The van der Waals surface area contributed by atoms with Crippen LogP contribution in [0.5, 0.6) is 0 Å². The number of rotatable bonds is 8. The van der Waals surface area contributed by atoms with Gasteiger partial charge in [-0.25, -0.2) is 14.8 Å².